The second-order valence-corrected chi connectivity index (χ2v) is 22.3. The molecule has 1 N–H and O–H groups in total. The fraction of sp³-hybridized carbons (Fsp3) is 0.328. The molecule has 87 heavy (non-hydrogen) atoms. The zero-order chi connectivity index (χ0) is 62.6. The fourth-order valence-electron chi connectivity index (χ4n) is 10.4. The minimum Gasteiger partial charge on any atom is -0.468 e. The standard InChI is InChI=1S/C34H27F4N5O5S.C27H26FN5O4S/c1-4-27-40-28-22(29(41-27)47-25-16-46-17-26(25)48-30(44)18-8-6-5-7-9-18)12-21(14-24(28)35)43-32(49)42(31(45)33(43,2)3)20-11-10-19(15-39)23(13-20)34(36,37)38;1-6-22-30-23-17(24(31-22)37-21-13-36-12-20(21)34)10-16(11-18(23)28)33-26(38)32(25(35)27(33,3)4)15-7-8-19(29-5)14(2)9-15/h5-14,25-26H,4,16-17H2,1-3H3;7-11,20-21,34H,6,12-13H2,1-4H3/t25?,26-;20-,21?/m00/s1. The number of aromatic nitrogens is 4. The first kappa shape index (κ1) is 61.2. The predicted molar refractivity (Wildman–Crippen MR) is 317 cm³/mol. The highest BCUT2D eigenvalue weighted by Crippen LogP contribution is 2.44. The number of thiocarbonyl (C=S) groups is 2. The SMILES string of the molecule is CCc1nc(OC2COC[C@@H]2OC(=O)c2ccccc2)c2cc(N3C(=S)N(c4ccc(C#N)c(C(F)(F)F)c4)C(=O)C3(C)C)cc(F)c2n1.[C-]#[N+]c1ccc(N2C(=O)C(C)(C)N(c3cc(F)c4nc(CC)nc(OC5COC[C@@H]5O)c4c3)C2=S)cc1C. The first-order chi connectivity index (χ1) is 41.3. The number of aryl methyl sites for hydroxylation is 3. The molecule has 2 amide bonds. The Hall–Kier alpha value is -8.92. The molecule has 26 heteroatoms. The second-order valence-electron chi connectivity index (χ2n) is 21.6. The number of rotatable bonds is 12. The molecule has 4 aliphatic heterocycles. The number of hydrogen-bond donors (Lipinski definition) is 1. The van der Waals surface area contributed by atoms with Crippen molar-refractivity contribution in [2.75, 3.05) is 46.0 Å². The third kappa shape index (κ3) is 11.4. The number of aliphatic hydroxyl groups is 1. The molecule has 19 nitrogen and oxygen atoms in total. The Bertz CT molecular complexity index is 4070. The Morgan fingerprint density at radius 2 is 1.22 bits per heavy atom. The van der Waals surface area contributed by atoms with Crippen LogP contribution in [0.2, 0.25) is 0 Å². The van der Waals surface area contributed by atoms with Gasteiger partial charge in [0.05, 0.1) is 72.2 Å². The van der Waals surface area contributed by atoms with Crippen molar-refractivity contribution in [3.05, 3.63) is 148 Å². The Balaban J connectivity index is 0.000000199. The summed E-state index contributed by atoms with van der Waals surface area (Å²) in [6, 6.07) is 23.3. The average Bonchev–Trinajstić information content (AvgIpc) is 1.69. The van der Waals surface area contributed by atoms with E-state index in [1.54, 1.807) is 87.2 Å². The van der Waals surface area contributed by atoms with Crippen LogP contribution in [0.3, 0.4) is 0 Å². The lowest BCUT2D eigenvalue weighted by Crippen LogP contribution is -2.44. The van der Waals surface area contributed by atoms with Crippen LogP contribution in [0.5, 0.6) is 11.8 Å². The van der Waals surface area contributed by atoms with Gasteiger partial charge in [0.2, 0.25) is 11.8 Å². The van der Waals surface area contributed by atoms with Crippen molar-refractivity contribution >= 4 is 103 Å². The van der Waals surface area contributed by atoms with Gasteiger partial charge in [-0.1, -0.05) is 38.1 Å². The zero-order valence-corrected chi connectivity index (χ0v) is 49.2. The number of hydrogen-bond acceptors (Lipinski definition) is 16. The topological polar surface area (TPSA) is 210 Å². The zero-order valence-electron chi connectivity index (χ0n) is 47.6. The first-order valence-electron chi connectivity index (χ1n) is 27.2. The average molecular weight is 1230 g/mol. The Morgan fingerprint density at radius 1 is 0.724 bits per heavy atom. The van der Waals surface area contributed by atoms with E-state index in [4.69, 9.17) is 54.7 Å². The number of ether oxygens (including phenoxy) is 5. The number of halogens is 5. The van der Waals surface area contributed by atoms with Gasteiger partial charge in [-0.05, 0) is 131 Å². The molecule has 6 heterocycles. The lowest BCUT2D eigenvalue weighted by Gasteiger charge is -2.30. The van der Waals surface area contributed by atoms with Crippen molar-refractivity contribution in [3.8, 4) is 17.8 Å². The van der Waals surface area contributed by atoms with Crippen molar-refractivity contribution in [3.63, 3.8) is 0 Å². The van der Waals surface area contributed by atoms with E-state index in [1.807, 2.05) is 6.92 Å². The molecule has 0 bridgehead atoms. The molecular formula is C61H53F5N10O9S2. The number of alkyl halides is 3. The maximum Gasteiger partial charge on any atom is 0.417 e. The lowest BCUT2D eigenvalue weighted by atomic mass is 10.0. The third-order valence-electron chi connectivity index (χ3n) is 15.0. The summed E-state index contributed by atoms with van der Waals surface area (Å²) in [6.07, 6.45) is -7.23. The van der Waals surface area contributed by atoms with Crippen molar-refractivity contribution < 1.29 is 65.1 Å². The van der Waals surface area contributed by atoms with Gasteiger partial charge in [-0.2, -0.15) is 28.4 Å². The number of carbonyl (C=O) groups excluding carboxylic acids is 3. The van der Waals surface area contributed by atoms with Crippen LogP contribution in [-0.4, -0.2) is 115 Å². The number of anilines is 4. The maximum atomic E-state index is 15.9. The number of amides is 2. The van der Waals surface area contributed by atoms with Crippen molar-refractivity contribution in [1.29, 1.82) is 5.26 Å². The Morgan fingerprint density at radius 3 is 1.70 bits per heavy atom. The molecule has 0 saturated carbocycles. The van der Waals surface area contributed by atoms with Crippen LogP contribution in [0.15, 0.2) is 91.0 Å². The van der Waals surface area contributed by atoms with Gasteiger partial charge in [-0.15, -0.1) is 0 Å². The van der Waals surface area contributed by atoms with Crippen LogP contribution >= 0.6 is 24.4 Å². The van der Waals surface area contributed by atoms with E-state index in [2.05, 4.69) is 24.8 Å². The maximum absolute atomic E-state index is 15.9. The van der Waals surface area contributed by atoms with Gasteiger partial charge in [-0.3, -0.25) is 19.4 Å². The summed E-state index contributed by atoms with van der Waals surface area (Å²) in [7, 11) is 0. The molecule has 7 aromatic rings. The van der Waals surface area contributed by atoms with Gasteiger partial charge >= 0.3 is 12.1 Å². The van der Waals surface area contributed by atoms with Crippen LogP contribution in [0, 0.1) is 36.5 Å². The molecular weight excluding hydrogens is 1180 g/mol. The summed E-state index contributed by atoms with van der Waals surface area (Å²) >= 11 is 11.4. The fourth-order valence-corrected chi connectivity index (χ4v) is 11.4. The molecule has 4 aliphatic rings. The minimum absolute atomic E-state index is 0.0353. The Kier molecular flexibility index (Phi) is 16.7. The highest BCUT2D eigenvalue weighted by molar-refractivity contribution is 7.81. The molecule has 448 valence electrons. The van der Waals surface area contributed by atoms with Crippen LogP contribution in [0.4, 0.5) is 50.4 Å². The largest absolute Gasteiger partial charge is 0.468 e. The molecule has 2 unspecified atom stereocenters. The lowest BCUT2D eigenvalue weighted by molar-refractivity contribution is -0.137. The summed E-state index contributed by atoms with van der Waals surface area (Å²) in [6.45, 7) is 19.5. The third-order valence-corrected chi connectivity index (χ3v) is 15.7. The summed E-state index contributed by atoms with van der Waals surface area (Å²) in [5.74, 6) is -2.23. The normalized spacial score (nSPS) is 19.8. The van der Waals surface area contributed by atoms with E-state index in [9.17, 15) is 37.9 Å². The van der Waals surface area contributed by atoms with Crippen LogP contribution in [0.1, 0.15) is 80.2 Å². The number of nitrogens with zero attached hydrogens (tertiary/aromatic N) is 10. The van der Waals surface area contributed by atoms with Crippen LogP contribution < -0.4 is 29.1 Å². The minimum atomic E-state index is -4.88. The smallest absolute Gasteiger partial charge is 0.417 e. The molecule has 4 saturated heterocycles. The quantitative estimate of drug-likeness (QED) is 0.0522. The molecule has 0 aliphatic carbocycles. The molecule has 0 radical (unpaired) electrons. The van der Waals surface area contributed by atoms with Crippen LogP contribution in [-0.2, 0) is 42.8 Å². The summed E-state index contributed by atoms with van der Waals surface area (Å²) in [5.41, 5.74) is -2.26. The highest BCUT2D eigenvalue weighted by Gasteiger charge is 2.52. The molecule has 4 fully saturated rings. The van der Waals surface area contributed by atoms with Gasteiger partial charge in [0.25, 0.3) is 11.8 Å². The van der Waals surface area contributed by atoms with Gasteiger partial charge < -0.3 is 38.6 Å². The number of carbonyl (C=O) groups is 3. The van der Waals surface area contributed by atoms with Gasteiger partial charge in [-0.25, -0.2) is 28.4 Å². The second kappa shape index (κ2) is 23.7. The number of fused-ring (bicyclic) bond motifs is 2. The Labute approximate surface area is 505 Å². The van der Waals surface area contributed by atoms with Gasteiger partial charge in [0.15, 0.2) is 45.9 Å². The number of nitriles is 1. The monoisotopic (exact) mass is 1230 g/mol. The summed E-state index contributed by atoms with van der Waals surface area (Å²) in [5, 5.41) is 19.8. The van der Waals surface area contributed by atoms with E-state index >= 15 is 8.78 Å². The molecule has 4 atom stereocenters. The van der Waals surface area contributed by atoms with E-state index < -0.39 is 76.3 Å². The van der Waals surface area contributed by atoms with E-state index in [0.29, 0.717) is 52.9 Å². The van der Waals surface area contributed by atoms with E-state index in [1.165, 1.54) is 47.9 Å². The predicted octanol–water partition coefficient (Wildman–Crippen LogP) is 10.4. The van der Waals surface area contributed by atoms with Crippen molar-refractivity contribution in [2.45, 2.75) is 103 Å². The number of aliphatic hydroxyl groups excluding tert-OH is 1. The van der Waals surface area contributed by atoms with Crippen molar-refractivity contribution in [2.24, 2.45) is 0 Å². The number of esters is 1. The van der Waals surface area contributed by atoms with Crippen LogP contribution in [0.25, 0.3) is 26.7 Å². The van der Waals surface area contributed by atoms with Gasteiger partial charge in [0.1, 0.15) is 39.9 Å². The first-order valence-corrected chi connectivity index (χ1v) is 28.0. The number of benzene rings is 5. The molecule has 11 rings (SSSR count). The molecule has 2 aromatic heterocycles. The van der Waals surface area contributed by atoms with Gasteiger partial charge in [0, 0.05) is 29.9 Å². The molecule has 0 spiro atoms. The highest BCUT2D eigenvalue weighted by atomic mass is 32.1. The van der Waals surface area contributed by atoms with E-state index in [-0.39, 0.29) is 93.3 Å². The molecule has 5 aromatic carbocycles. The summed E-state index contributed by atoms with van der Waals surface area (Å²) < 4.78 is 102. The van der Waals surface area contributed by atoms with E-state index in [0.717, 1.165) is 17.0 Å². The van der Waals surface area contributed by atoms with Crippen molar-refractivity contribution in [1.82, 2.24) is 19.9 Å². The summed E-state index contributed by atoms with van der Waals surface area (Å²) in [4.78, 5) is 66.5.